The molecule has 2 N–H and O–H groups in total. The Bertz CT molecular complexity index is 314. The first kappa shape index (κ1) is 15.8. The zero-order valence-corrected chi connectivity index (χ0v) is 14.2. The third-order valence-corrected chi connectivity index (χ3v) is 7.41. The van der Waals surface area contributed by atoms with Gasteiger partial charge in [0.25, 0.3) is 0 Å². The maximum atomic E-state index is 6.33. The van der Waals surface area contributed by atoms with Gasteiger partial charge in [-0.25, -0.2) is 0 Å². The van der Waals surface area contributed by atoms with Gasteiger partial charge in [-0.1, -0.05) is 38.5 Å². The van der Waals surface area contributed by atoms with Gasteiger partial charge in [-0.15, -0.1) is 0 Å². The van der Waals surface area contributed by atoms with E-state index in [0.29, 0.717) is 5.54 Å². The van der Waals surface area contributed by atoms with Gasteiger partial charge in [0.1, 0.15) is 0 Å². The molecule has 0 aromatic heterocycles. The van der Waals surface area contributed by atoms with Crippen LogP contribution in [0.4, 0.5) is 0 Å². The van der Waals surface area contributed by atoms with Gasteiger partial charge in [-0.3, -0.25) is 4.90 Å². The molecule has 3 aliphatic carbocycles. The van der Waals surface area contributed by atoms with Crippen molar-refractivity contribution in [3.8, 4) is 0 Å². The molecule has 0 aromatic carbocycles. The fourth-order valence-electron chi connectivity index (χ4n) is 5.60. The Balaban J connectivity index is 1.65. The summed E-state index contributed by atoms with van der Waals surface area (Å²) in [6.45, 7) is 0.871. The van der Waals surface area contributed by atoms with Crippen LogP contribution in [0.15, 0.2) is 0 Å². The quantitative estimate of drug-likeness (QED) is 0.777. The van der Waals surface area contributed by atoms with E-state index < -0.39 is 0 Å². The number of hydrogen-bond acceptors (Lipinski definition) is 2. The first-order valence-electron chi connectivity index (χ1n) is 9.63. The second-order valence-corrected chi connectivity index (χ2v) is 8.39. The summed E-state index contributed by atoms with van der Waals surface area (Å²) in [5, 5.41) is 0. The van der Waals surface area contributed by atoms with E-state index in [-0.39, 0.29) is 0 Å². The fourth-order valence-corrected chi connectivity index (χ4v) is 5.60. The molecule has 0 heterocycles. The molecule has 0 aliphatic heterocycles. The molecule has 122 valence electrons. The van der Waals surface area contributed by atoms with E-state index in [2.05, 4.69) is 11.9 Å². The summed E-state index contributed by atoms with van der Waals surface area (Å²) in [5.74, 6) is 0. The summed E-state index contributed by atoms with van der Waals surface area (Å²) in [7, 11) is 2.40. The SMILES string of the molecule is CN(C1CCCCCC1)C1(CN)CCC2(CCCC2)CC1. The number of nitrogens with two attached hydrogens (primary N) is 1. The van der Waals surface area contributed by atoms with Crippen LogP contribution in [0.2, 0.25) is 0 Å². The van der Waals surface area contributed by atoms with Crippen LogP contribution in [0, 0.1) is 5.41 Å². The van der Waals surface area contributed by atoms with Crippen molar-refractivity contribution in [3.05, 3.63) is 0 Å². The second-order valence-electron chi connectivity index (χ2n) is 8.39. The van der Waals surface area contributed by atoms with E-state index in [9.17, 15) is 0 Å². The summed E-state index contributed by atoms with van der Waals surface area (Å²) in [6, 6.07) is 0.800. The highest BCUT2D eigenvalue weighted by Gasteiger charge is 2.46. The summed E-state index contributed by atoms with van der Waals surface area (Å²) < 4.78 is 0. The van der Waals surface area contributed by atoms with Crippen LogP contribution >= 0.6 is 0 Å². The molecule has 3 aliphatic rings. The molecule has 3 rings (SSSR count). The fraction of sp³-hybridized carbons (Fsp3) is 1.00. The molecule has 0 bridgehead atoms. The standard InChI is InChI=1S/C19H36N2/c1-21(17-8-4-2-3-5-9-17)19(16-20)14-12-18(13-15-19)10-6-7-11-18/h17H,2-16,20H2,1H3. The molecule has 1 spiro atoms. The van der Waals surface area contributed by atoms with Crippen LogP contribution in [-0.4, -0.2) is 30.1 Å². The van der Waals surface area contributed by atoms with Crippen molar-refractivity contribution in [1.82, 2.24) is 4.90 Å². The van der Waals surface area contributed by atoms with Gasteiger partial charge in [0.2, 0.25) is 0 Å². The minimum absolute atomic E-state index is 0.322. The highest BCUT2D eigenvalue weighted by molar-refractivity contribution is 5.02. The van der Waals surface area contributed by atoms with Crippen LogP contribution in [0.5, 0.6) is 0 Å². The number of likely N-dealkylation sites (N-methyl/N-ethyl adjacent to an activating group) is 1. The van der Waals surface area contributed by atoms with E-state index in [1.807, 2.05) is 0 Å². The van der Waals surface area contributed by atoms with E-state index in [4.69, 9.17) is 5.73 Å². The Hall–Kier alpha value is -0.0800. The lowest BCUT2D eigenvalue weighted by atomic mass is 9.65. The van der Waals surface area contributed by atoms with E-state index >= 15 is 0 Å². The van der Waals surface area contributed by atoms with Gasteiger partial charge < -0.3 is 5.73 Å². The molecule has 0 atom stereocenters. The topological polar surface area (TPSA) is 29.3 Å². The van der Waals surface area contributed by atoms with Crippen molar-refractivity contribution in [2.24, 2.45) is 11.1 Å². The molecule has 2 nitrogen and oxygen atoms in total. The maximum Gasteiger partial charge on any atom is 0.0332 e. The monoisotopic (exact) mass is 292 g/mol. The zero-order valence-electron chi connectivity index (χ0n) is 14.2. The number of rotatable bonds is 3. The molecular weight excluding hydrogens is 256 g/mol. The van der Waals surface area contributed by atoms with E-state index in [0.717, 1.165) is 18.0 Å². The normalized spacial score (nSPS) is 29.9. The molecule has 3 fully saturated rings. The first-order chi connectivity index (χ1) is 10.2. The van der Waals surface area contributed by atoms with Crippen molar-refractivity contribution in [2.45, 2.75) is 101 Å². The van der Waals surface area contributed by atoms with E-state index in [1.165, 1.54) is 89.9 Å². The summed E-state index contributed by atoms with van der Waals surface area (Å²) in [5.41, 5.74) is 7.38. The highest BCUT2D eigenvalue weighted by atomic mass is 15.2. The van der Waals surface area contributed by atoms with Crippen molar-refractivity contribution < 1.29 is 0 Å². The molecule has 0 unspecified atom stereocenters. The minimum Gasteiger partial charge on any atom is -0.329 e. The molecular formula is C19H36N2. The van der Waals surface area contributed by atoms with Gasteiger partial charge in [-0.05, 0) is 63.8 Å². The van der Waals surface area contributed by atoms with E-state index in [1.54, 1.807) is 0 Å². The van der Waals surface area contributed by atoms with Crippen LogP contribution in [0.3, 0.4) is 0 Å². The lowest BCUT2D eigenvalue weighted by Crippen LogP contribution is -2.58. The Morgan fingerprint density at radius 3 is 1.90 bits per heavy atom. The predicted octanol–water partition coefficient (Wildman–Crippen LogP) is 4.47. The average molecular weight is 293 g/mol. The molecule has 0 radical (unpaired) electrons. The van der Waals surface area contributed by atoms with Crippen molar-refractivity contribution in [2.75, 3.05) is 13.6 Å². The Labute approximate surface area is 131 Å². The van der Waals surface area contributed by atoms with Crippen LogP contribution < -0.4 is 5.73 Å². The lowest BCUT2D eigenvalue weighted by Gasteiger charge is -2.52. The Morgan fingerprint density at radius 2 is 1.38 bits per heavy atom. The summed E-state index contributed by atoms with van der Waals surface area (Å²) in [6.07, 6.45) is 20.1. The van der Waals surface area contributed by atoms with Gasteiger partial charge >= 0.3 is 0 Å². The second kappa shape index (κ2) is 6.58. The van der Waals surface area contributed by atoms with Gasteiger partial charge in [-0.2, -0.15) is 0 Å². The van der Waals surface area contributed by atoms with Crippen molar-refractivity contribution >= 4 is 0 Å². The third kappa shape index (κ3) is 3.17. The van der Waals surface area contributed by atoms with Gasteiger partial charge in [0.15, 0.2) is 0 Å². The molecule has 3 saturated carbocycles. The first-order valence-corrected chi connectivity index (χ1v) is 9.63. The molecule has 0 aromatic rings. The molecule has 0 saturated heterocycles. The van der Waals surface area contributed by atoms with Crippen LogP contribution in [0.1, 0.15) is 89.9 Å². The third-order valence-electron chi connectivity index (χ3n) is 7.41. The molecule has 2 heteroatoms. The number of nitrogens with zero attached hydrogens (tertiary/aromatic N) is 1. The Morgan fingerprint density at radius 1 is 0.810 bits per heavy atom. The maximum absolute atomic E-state index is 6.33. The largest absolute Gasteiger partial charge is 0.329 e. The van der Waals surface area contributed by atoms with Crippen molar-refractivity contribution in [1.29, 1.82) is 0 Å². The lowest BCUT2D eigenvalue weighted by molar-refractivity contribution is 0.000538. The smallest absolute Gasteiger partial charge is 0.0332 e. The predicted molar refractivity (Wildman–Crippen MR) is 90.4 cm³/mol. The average Bonchev–Trinajstić information content (AvgIpc) is 2.81. The Kier molecular flexibility index (Phi) is 4.95. The summed E-state index contributed by atoms with van der Waals surface area (Å²) in [4.78, 5) is 2.75. The van der Waals surface area contributed by atoms with Gasteiger partial charge in [0, 0.05) is 18.1 Å². The summed E-state index contributed by atoms with van der Waals surface area (Å²) >= 11 is 0. The minimum atomic E-state index is 0.322. The van der Waals surface area contributed by atoms with Gasteiger partial charge in [0.05, 0.1) is 0 Å². The van der Waals surface area contributed by atoms with Crippen molar-refractivity contribution in [3.63, 3.8) is 0 Å². The number of hydrogen-bond donors (Lipinski definition) is 1. The van der Waals surface area contributed by atoms with Crippen LogP contribution in [0.25, 0.3) is 0 Å². The highest BCUT2D eigenvalue weighted by Crippen LogP contribution is 2.52. The zero-order chi connectivity index (χ0) is 14.8. The molecule has 21 heavy (non-hydrogen) atoms. The molecule has 0 amide bonds. The van der Waals surface area contributed by atoms with Crippen LogP contribution in [-0.2, 0) is 0 Å².